The summed E-state index contributed by atoms with van der Waals surface area (Å²) < 4.78 is 0. The van der Waals surface area contributed by atoms with Crippen LogP contribution in [0, 0.1) is 6.92 Å². The van der Waals surface area contributed by atoms with Crippen molar-refractivity contribution >= 4 is 46.5 Å². The second-order valence-electron chi connectivity index (χ2n) is 8.51. The van der Waals surface area contributed by atoms with Crippen molar-refractivity contribution in [1.82, 2.24) is 0 Å². The lowest BCUT2D eigenvalue weighted by Crippen LogP contribution is -2.50. The Balaban J connectivity index is 1.48. The molecule has 3 aromatic carbocycles. The molecule has 0 bridgehead atoms. The molecule has 0 aliphatic carbocycles. The first kappa shape index (κ1) is 22.2. The number of thioether (sulfide) groups is 1. The quantitative estimate of drug-likeness (QED) is 0.596. The fourth-order valence-corrected chi connectivity index (χ4v) is 6.01. The van der Waals surface area contributed by atoms with Gasteiger partial charge in [0.2, 0.25) is 16.7 Å². The number of amides is 3. The topological polar surface area (TPSA) is 69.7 Å². The number of carbonyl (C=O) groups is 3. The highest BCUT2D eigenvalue weighted by Gasteiger charge is 2.61. The summed E-state index contributed by atoms with van der Waals surface area (Å²) in [5, 5.41) is 2.89. The molecule has 2 aliphatic heterocycles. The van der Waals surface area contributed by atoms with Crippen molar-refractivity contribution in [2.24, 2.45) is 0 Å². The lowest BCUT2D eigenvalue weighted by Gasteiger charge is -2.33. The summed E-state index contributed by atoms with van der Waals surface area (Å²) in [6, 6.07) is 22.7. The van der Waals surface area contributed by atoms with Crippen LogP contribution in [0.15, 0.2) is 72.8 Å². The van der Waals surface area contributed by atoms with Gasteiger partial charge in [0, 0.05) is 16.9 Å². The normalized spacial score (nSPS) is 19.1. The minimum absolute atomic E-state index is 0.124. The Morgan fingerprint density at radius 2 is 1.79 bits per heavy atom. The van der Waals surface area contributed by atoms with E-state index in [9.17, 15) is 14.4 Å². The predicted molar refractivity (Wildman–Crippen MR) is 136 cm³/mol. The molecule has 34 heavy (non-hydrogen) atoms. The van der Waals surface area contributed by atoms with Crippen LogP contribution in [0.3, 0.4) is 0 Å². The van der Waals surface area contributed by atoms with Gasteiger partial charge in [-0.2, -0.15) is 0 Å². The number of aryl methyl sites for hydroxylation is 2. The largest absolute Gasteiger partial charge is 0.325 e. The number of carbonyl (C=O) groups excluding carboxylic acids is 3. The first-order valence-corrected chi connectivity index (χ1v) is 12.3. The summed E-state index contributed by atoms with van der Waals surface area (Å²) in [5.74, 6) is -0.498. The fraction of sp³-hybridized carbons (Fsp3) is 0.222. The Morgan fingerprint density at radius 3 is 2.53 bits per heavy atom. The molecule has 0 unspecified atom stereocenters. The van der Waals surface area contributed by atoms with Crippen LogP contribution in [0.4, 0.5) is 17.1 Å². The number of anilines is 3. The van der Waals surface area contributed by atoms with E-state index in [1.165, 1.54) is 22.2 Å². The van der Waals surface area contributed by atoms with Gasteiger partial charge in [0.05, 0.1) is 11.4 Å². The van der Waals surface area contributed by atoms with Crippen molar-refractivity contribution in [1.29, 1.82) is 0 Å². The third-order valence-corrected chi connectivity index (χ3v) is 7.66. The van der Waals surface area contributed by atoms with Gasteiger partial charge in [-0.3, -0.25) is 24.2 Å². The smallest absolute Gasteiger partial charge is 0.269 e. The van der Waals surface area contributed by atoms with Crippen molar-refractivity contribution in [2.45, 2.75) is 25.1 Å². The highest BCUT2D eigenvalue weighted by molar-refractivity contribution is 8.02. The average Bonchev–Trinajstić information content (AvgIpc) is 3.30. The van der Waals surface area contributed by atoms with Gasteiger partial charge in [-0.05, 0) is 54.8 Å². The second kappa shape index (κ2) is 8.65. The third-order valence-electron chi connectivity index (χ3n) is 6.27. The van der Waals surface area contributed by atoms with E-state index in [1.807, 2.05) is 79.7 Å². The lowest BCUT2D eigenvalue weighted by atomic mass is 10.0. The molecule has 0 saturated carbocycles. The van der Waals surface area contributed by atoms with E-state index >= 15 is 0 Å². The van der Waals surface area contributed by atoms with E-state index in [0.29, 0.717) is 17.1 Å². The number of hydrogen-bond acceptors (Lipinski definition) is 4. The number of para-hydroxylation sites is 1. The number of fused-ring (bicyclic) bond motifs is 2. The van der Waals surface area contributed by atoms with Gasteiger partial charge < -0.3 is 5.32 Å². The van der Waals surface area contributed by atoms with Crippen LogP contribution < -0.4 is 15.1 Å². The molecule has 1 fully saturated rings. The van der Waals surface area contributed by atoms with Gasteiger partial charge in [0.1, 0.15) is 6.54 Å². The molecule has 5 rings (SSSR count). The number of hydrogen-bond donors (Lipinski definition) is 1. The molecule has 2 heterocycles. The number of rotatable bonds is 5. The molecule has 2 aliphatic rings. The van der Waals surface area contributed by atoms with Gasteiger partial charge in [-0.15, -0.1) is 11.8 Å². The summed E-state index contributed by atoms with van der Waals surface area (Å²) in [7, 11) is 0. The predicted octanol–water partition coefficient (Wildman–Crippen LogP) is 4.48. The Labute approximate surface area is 202 Å². The fourth-order valence-electron chi connectivity index (χ4n) is 4.65. The summed E-state index contributed by atoms with van der Waals surface area (Å²) in [6.45, 7) is 3.90. The zero-order valence-electron chi connectivity index (χ0n) is 19.1. The van der Waals surface area contributed by atoms with Gasteiger partial charge in [0.15, 0.2) is 0 Å². The van der Waals surface area contributed by atoms with Crippen LogP contribution in [0.1, 0.15) is 23.6 Å². The van der Waals surface area contributed by atoms with Crippen molar-refractivity contribution < 1.29 is 14.4 Å². The summed E-state index contributed by atoms with van der Waals surface area (Å²) in [5.41, 5.74) is 4.94. The molecular formula is C27H25N3O3S. The van der Waals surface area contributed by atoms with Gasteiger partial charge in [-0.25, -0.2) is 0 Å². The maximum atomic E-state index is 14.0. The molecule has 3 amide bonds. The maximum absolute atomic E-state index is 14.0. The molecule has 0 aromatic heterocycles. The van der Waals surface area contributed by atoms with E-state index in [2.05, 4.69) is 12.2 Å². The van der Waals surface area contributed by atoms with E-state index in [-0.39, 0.29) is 30.0 Å². The lowest BCUT2D eigenvalue weighted by molar-refractivity contribution is -0.124. The molecule has 1 saturated heterocycles. The van der Waals surface area contributed by atoms with Crippen molar-refractivity contribution in [3.63, 3.8) is 0 Å². The SMILES string of the molecule is CCc1ccc(NC(=O)CN2C(=O)[C@]3(SCC(=O)N3c3cccc(C)c3)c3ccccc32)cc1. The number of nitrogens with one attached hydrogen (secondary N) is 1. The Bertz CT molecular complexity index is 1290. The van der Waals surface area contributed by atoms with Crippen molar-refractivity contribution in [3.05, 3.63) is 89.5 Å². The molecule has 0 radical (unpaired) electrons. The zero-order chi connectivity index (χ0) is 23.9. The molecule has 1 spiro atoms. The Morgan fingerprint density at radius 1 is 1.03 bits per heavy atom. The third kappa shape index (κ3) is 3.56. The average molecular weight is 472 g/mol. The molecule has 6 nitrogen and oxygen atoms in total. The van der Waals surface area contributed by atoms with E-state index in [0.717, 1.165) is 17.5 Å². The van der Waals surface area contributed by atoms with Gasteiger partial charge in [0.25, 0.3) is 5.91 Å². The van der Waals surface area contributed by atoms with E-state index < -0.39 is 4.87 Å². The molecule has 1 atom stereocenters. The minimum atomic E-state index is -1.22. The molecular weight excluding hydrogens is 446 g/mol. The van der Waals surface area contributed by atoms with Crippen LogP contribution >= 0.6 is 11.8 Å². The van der Waals surface area contributed by atoms with E-state index in [4.69, 9.17) is 0 Å². The maximum Gasteiger partial charge on any atom is 0.269 e. The first-order valence-electron chi connectivity index (χ1n) is 11.3. The number of nitrogens with zero attached hydrogens (tertiary/aromatic N) is 2. The molecule has 172 valence electrons. The standard InChI is InChI=1S/C27H25N3O3S/c1-3-19-11-13-20(14-12-19)28-24(31)16-29-23-10-5-4-9-22(23)27(26(29)33)30(25(32)17-34-27)21-8-6-7-18(2)15-21/h4-15H,3,16-17H2,1-2H3,(H,28,31)/t27-/m1/s1. The Kier molecular flexibility index (Phi) is 5.65. The minimum Gasteiger partial charge on any atom is -0.325 e. The van der Waals surface area contributed by atoms with Crippen molar-refractivity contribution in [3.8, 4) is 0 Å². The van der Waals surface area contributed by atoms with Crippen LogP contribution in [0.5, 0.6) is 0 Å². The van der Waals surface area contributed by atoms with Crippen LogP contribution in [-0.2, 0) is 25.7 Å². The van der Waals surface area contributed by atoms with Crippen molar-refractivity contribution in [2.75, 3.05) is 27.4 Å². The van der Waals surface area contributed by atoms with E-state index in [1.54, 1.807) is 4.90 Å². The molecule has 7 heteroatoms. The zero-order valence-corrected chi connectivity index (χ0v) is 19.9. The molecule has 1 N–H and O–H groups in total. The first-order chi connectivity index (χ1) is 16.4. The monoisotopic (exact) mass is 471 g/mol. The highest BCUT2D eigenvalue weighted by atomic mass is 32.2. The summed E-state index contributed by atoms with van der Waals surface area (Å²) in [6.07, 6.45) is 0.920. The second-order valence-corrected chi connectivity index (χ2v) is 9.68. The summed E-state index contributed by atoms with van der Waals surface area (Å²) >= 11 is 1.31. The van der Waals surface area contributed by atoms with Crippen LogP contribution in [-0.4, -0.2) is 30.0 Å². The summed E-state index contributed by atoms with van der Waals surface area (Å²) in [4.78, 5) is 41.9. The van der Waals surface area contributed by atoms with Gasteiger partial charge >= 0.3 is 0 Å². The van der Waals surface area contributed by atoms with Crippen LogP contribution in [0.2, 0.25) is 0 Å². The Hall–Kier alpha value is -3.58. The van der Waals surface area contributed by atoms with Gasteiger partial charge in [-0.1, -0.05) is 49.4 Å². The molecule has 3 aromatic rings. The highest BCUT2D eigenvalue weighted by Crippen LogP contribution is 2.55. The number of benzene rings is 3. The van der Waals surface area contributed by atoms with Crippen LogP contribution in [0.25, 0.3) is 0 Å².